The maximum atomic E-state index is 13.8. The Balaban J connectivity index is 1.89. The lowest BCUT2D eigenvalue weighted by molar-refractivity contribution is -0.136. The van der Waals surface area contributed by atoms with Crippen LogP contribution in [0.1, 0.15) is 29.3 Å². The third kappa shape index (κ3) is 4.73. The molecule has 2 aromatic rings. The lowest BCUT2D eigenvalue weighted by atomic mass is 9.98. The normalized spacial score (nSPS) is 15.6. The van der Waals surface area contributed by atoms with E-state index in [1.807, 2.05) is 0 Å². The number of benzene rings is 2. The molecule has 9 heteroatoms. The molecule has 0 aliphatic carbocycles. The van der Waals surface area contributed by atoms with Crippen molar-refractivity contribution < 1.29 is 27.5 Å². The molecule has 1 aliphatic rings. The second-order valence-electron chi connectivity index (χ2n) is 7.09. The molecule has 0 bridgehead atoms. The van der Waals surface area contributed by atoms with E-state index in [1.54, 1.807) is 13.0 Å². The maximum absolute atomic E-state index is 13.8. The van der Waals surface area contributed by atoms with Crippen LogP contribution in [0.2, 0.25) is 0 Å². The van der Waals surface area contributed by atoms with Crippen molar-refractivity contribution >= 4 is 32.7 Å². The largest absolute Gasteiger partial charge is 0.481 e. The Kier molecular flexibility index (Phi) is 6.18. The predicted octanol–water partition coefficient (Wildman–Crippen LogP) is 2.10. The highest BCUT2D eigenvalue weighted by Crippen LogP contribution is 2.25. The number of nitrogens with zero attached hydrogens (tertiary/aromatic N) is 2. The van der Waals surface area contributed by atoms with Crippen molar-refractivity contribution in [2.24, 2.45) is 0 Å². The van der Waals surface area contributed by atoms with E-state index in [4.69, 9.17) is 5.11 Å². The second-order valence-corrected chi connectivity index (χ2v) is 9.18. The number of rotatable bonds is 6. The topological polar surface area (TPSA) is 95.0 Å². The average molecular weight is 422 g/mol. The molecule has 0 atom stereocenters. The summed E-state index contributed by atoms with van der Waals surface area (Å²) >= 11 is 0. The molecule has 0 saturated carbocycles. The van der Waals surface area contributed by atoms with Crippen molar-refractivity contribution in [1.29, 1.82) is 0 Å². The first-order chi connectivity index (χ1) is 13.7. The zero-order chi connectivity index (χ0) is 21.2. The number of carbonyl (C=O) groups is 2. The van der Waals surface area contributed by atoms with Crippen LogP contribution in [0.3, 0.4) is 0 Å². The number of hydrogen-bond acceptors (Lipinski definition) is 4. The summed E-state index contributed by atoms with van der Waals surface area (Å²) < 4.78 is 39.6. The molecule has 0 spiro atoms. The molecule has 3 rings (SSSR count). The highest BCUT2D eigenvalue weighted by Gasteiger charge is 2.29. The van der Waals surface area contributed by atoms with Gasteiger partial charge in [-0.15, -0.1) is 0 Å². The van der Waals surface area contributed by atoms with Gasteiger partial charge in [0.05, 0.1) is 12.2 Å². The highest BCUT2D eigenvalue weighted by atomic mass is 32.2. The van der Waals surface area contributed by atoms with Crippen LogP contribution in [0.25, 0.3) is 10.8 Å². The minimum atomic E-state index is -3.33. The number of piperazine rings is 1. The first-order valence-corrected chi connectivity index (χ1v) is 11.0. The van der Waals surface area contributed by atoms with Crippen LogP contribution in [-0.2, 0) is 21.2 Å². The molecule has 1 amide bonds. The summed E-state index contributed by atoms with van der Waals surface area (Å²) in [5.74, 6) is -1.81. The van der Waals surface area contributed by atoms with Gasteiger partial charge in [0.2, 0.25) is 10.0 Å². The number of hydrogen-bond donors (Lipinski definition) is 1. The van der Waals surface area contributed by atoms with Gasteiger partial charge in [-0.25, -0.2) is 12.8 Å². The van der Waals surface area contributed by atoms with Crippen LogP contribution in [-0.4, -0.2) is 66.5 Å². The minimum Gasteiger partial charge on any atom is -0.481 e. The van der Waals surface area contributed by atoms with Gasteiger partial charge in [-0.05, 0) is 41.0 Å². The number of carboxylic acid groups (broad SMARTS) is 1. The summed E-state index contributed by atoms with van der Waals surface area (Å²) in [6.45, 7) is 2.65. The lowest BCUT2D eigenvalue weighted by Crippen LogP contribution is -2.51. The molecule has 1 fully saturated rings. The van der Waals surface area contributed by atoms with E-state index >= 15 is 0 Å². The fourth-order valence-electron chi connectivity index (χ4n) is 3.57. The smallest absolute Gasteiger partial charge is 0.307 e. The lowest BCUT2D eigenvalue weighted by Gasteiger charge is -2.34. The molecule has 29 heavy (non-hydrogen) atoms. The van der Waals surface area contributed by atoms with Crippen molar-refractivity contribution in [3.05, 3.63) is 47.3 Å². The van der Waals surface area contributed by atoms with Crippen LogP contribution >= 0.6 is 0 Å². The van der Waals surface area contributed by atoms with Gasteiger partial charge in [0.15, 0.2) is 0 Å². The number of amides is 1. The summed E-state index contributed by atoms with van der Waals surface area (Å²) in [7, 11) is -3.33. The van der Waals surface area contributed by atoms with Gasteiger partial charge in [0.25, 0.3) is 5.91 Å². The summed E-state index contributed by atoms with van der Waals surface area (Å²) in [6, 6.07) is 7.16. The molecule has 1 aliphatic heterocycles. The van der Waals surface area contributed by atoms with E-state index in [1.165, 1.54) is 33.5 Å². The van der Waals surface area contributed by atoms with Crippen molar-refractivity contribution in [2.75, 3.05) is 31.9 Å². The second kappa shape index (κ2) is 8.46. The minimum absolute atomic E-state index is 0.0715. The van der Waals surface area contributed by atoms with Gasteiger partial charge in [0.1, 0.15) is 5.82 Å². The number of fused-ring (bicyclic) bond motifs is 1. The average Bonchev–Trinajstić information content (AvgIpc) is 2.67. The van der Waals surface area contributed by atoms with Gasteiger partial charge < -0.3 is 10.0 Å². The molecule has 0 unspecified atom stereocenters. The maximum Gasteiger partial charge on any atom is 0.307 e. The fourth-order valence-corrected chi connectivity index (χ4v) is 5.07. The van der Waals surface area contributed by atoms with Crippen LogP contribution in [0.4, 0.5) is 4.39 Å². The SMILES string of the molecule is CCCS(=O)(=O)N1CCN(C(=O)c2cc(CC(=O)O)cc3ccc(F)cc23)CC1. The number of halogens is 1. The molecule has 0 aromatic heterocycles. The van der Waals surface area contributed by atoms with Gasteiger partial charge in [-0.2, -0.15) is 4.31 Å². The zero-order valence-corrected chi connectivity index (χ0v) is 16.9. The van der Waals surface area contributed by atoms with Crippen molar-refractivity contribution in [1.82, 2.24) is 9.21 Å². The number of carbonyl (C=O) groups excluding carboxylic acids is 1. The Bertz CT molecular complexity index is 1050. The number of aliphatic carboxylic acids is 1. The third-order valence-electron chi connectivity index (χ3n) is 4.94. The van der Waals surface area contributed by atoms with Crippen molar-refractivity contribution in [2.45, 2.75) is 19.8 Å². The quantitative estimate of drug-likeness (QED) is 0.769. The van der Waals surface area contributed by atoms with Crippen LogP contribution < -0.4 is 0 Å². The first kappa shape index (κ1) is 21.2. The molecule has 156 valence electrons. The predicted molar refractivity (Wildman–Crippen MR) is 107 cm³/mol. The number of sulfonamides is 1. The van der Waals surface area contributed by atoms with Crippen LogP contribution in [0.5, 0.6) is 0 Å². The van der Waals surface area contributed by atoms with E-state index in [0.717, 1.165) is 0 Å². The van der Waals surface area contributed by atoms with Crippen molar-refractivity contribution in [3.63, 3.8) is 0 Å². The molecule has 7 nitrogen and oxygen atoms in total. The van der Waals surface area contributed by atoms with E-state index in [2.05, 4.69) is 0 Å². The standard InChI is InChI=1S/C20H23FN2O5S/c1-2-9-29(27,28)23-7-5-22(6-8-23)20(26)18-11-14(12-19(24)25)10-15-3-4-16(21)13-17(15)18/h3-4,10-11,13H,2,5-9,12H2,1H3,(H,24,25). The molecule has 0 radical (unpaired) electrons. The summed E-state index contributed by atoms with van der Waals surface area (Å²) in [5.41, 5.74) is 0.673. The highest BCUT2D eigenvalue weighted by molar-refractivity contribution is 7.89. The molecular weight excluding hydrogens is 399 g/mol. The Morgan fingerprint density at radius 3 is 2.41 bits per heavy atom. The third-order valence-corrected chi connectivity index (χ3v) is 7.02. The van der Waals surface area contributed by atoms with E-state index in [0.29, 0.717) is 22.8 Å². The molecule has 1 N–H and O–H groups in total. The summed E-state index contributed by atoms with van der Waals surface area (Å²) in [6.07, 6.45) is 0.270. The molecule has 1 heterocycles. The summed E-state index contributed by atoms with van der Waals surface area (Å²) in [4.78, 5) is 25.8. The van der Waals surface area contributed by atoms with E-state index < -0.39 is 21.8 Å². The van der Waals surface area contributed by atoms with Gasteiger partial charge in [0, 0.05) is 31.7 Å². The van der Waals surface area contributed by atoms with Gasteiger partial charge in [-0.3, -0.25) is 9.59 Å². The van der Waals surface area contributed by atoms with Crippen LogP contribution in [0, 0.1) is 5.82 Å². The Morgan fingerprint density at radius 1 is 1.10 bits per heavy atom. The Hall–Kier alpha value is -2.52. The van der Waals surface area contributed by atoms with Crippen LogP contribution in [0.15, 0.2) is 30.3 Å². The Labute approximate surface area is 168 Å². The monoisotopic (exact) mass is 422 g/mol. The van der Waals surface area contributed by atoms with Gasteiger partial charge in [-0.1, -0.05) is 19.1 Å². The molecule has 2 aromatic carbocycles. The first-order valence-electron chi connectivity index (χ1n) is 9.42. The Morgan fingerprint density at radius 2 is 1.79 bits per heavy atom. The van der Waals surface area contributed by atoms with Crippen molar-refractivity contribution in [3.8, 4) is 0 Å². The zero-order valence-electron chi connectivity index (χ0n) is 16.1. The number of carboxylic acids is 1. The molecule has 1 saturated heterocycles. The van der Waals surface area contributed by atoms with E-state index in [-0.39, 0.29) is 49.8 Å². The van der Waals surface area contributed by atoms with Gasteiger partial charge >= 0.3 is 5.97 Å². The molecular formula is C20H23FN2O5S. The fraction of sp³-hybridized carbons (Fsp3) is 0.400. The van der Waals surface area contributed by atoms with E-state index in [9.17, 15) is 22.4 Å². The summed E-state index contributed by atoms with van der Waals surface area (Å²) in [5, 5.41) is 10.1.